The van der Waals surface area contributed by atoms with Gasteiger partial charge in [-0.1, -0.05) is 48.6 Å². The summed E-state index contributed by atoms with van der Waals surface area (Å²) in [4.78, 5) is 17.6. The van der Waals surface area contributed by atoms with Crippen LogP contribution in [0.2, 0.25) is 0 Å². The van der Waals surface area contributed by atoms with E-state index in [9.17, 15) is 13.6 Å². The standard InChI is InChI=1S/C36H43F2N3O2/c1-40(36(30-8-12-32(37)13-9-30)31-10-14-33(38)15-11-31)35(42)24-28-18-22-41(23-19-28)21-3-5-27-6-16-34(17-7-27)43-26-29-4-2-20-39-25-29/h3,5-17,28-29,36,39H,2,4,18-26H2,1H3/b5-3+. The molecule has 1 amide bonds. The number of carbonyl (C=O) groups is 1. The molecule has 0 radical (unpaired) electrons. The van der Waals surface area contributed by atoms with Crippen molar-refractivity contribution in [3.05, 3.63) is 107 Å². The van der Waals surface area contributed by atoms with Gasteiger partial charge in [0.1, 0.15) is 17.4 Å². The molecular weight excluding hydrogens is 544 g/mol. The van der Waals surface area contributed by atoms with Crippen molar-refractivity contribution >= 4 is 12.0 Å². The van der Waals surface area contributed by atoms with Crippen LogP contribution in [0.3, 0.4) is 0 Å². The van der Waals surface area contributed by atoms with Crippen LogP contribution in [0, 0.1) is 23.5 Å². The summed E-state index contributed by atoms with van der Waals surface area (Å²) in [5.74, 6) is 1.21. The summed E-state index contributed by atoms with van der Waals surface area (Å²) in [5.41, 5.74) is 2.75. The second-order valence-electron chi connectivity index (χ2n) is 12.0. The number of carbonyl (C=O) groups excluding carboxylic acids is 1. The topological polar surface area (TPSA) is 44.8 Å². The lowest BCUT2D eigenvalue weighted by Crippen LogP contribution is -2.37. The third kappa shape index (κ3) is 8.97. The molecule has 5 nitrogen and oxygen atoms in total. The highest BCUT2D eigenvalue weighted by atomic mass is 19.1. The first kappa shape index (κ1) is 30.9. The third-order valence-corrected chi connectivity index (χ3v) is 8.76. The van der Waals surface area contributed by atoms with Crippen molar-refractivity contribution in [2.45, 2.75) is 38.1 Å². The van der Waals surface area contributed by atoms with Gasteiger partial charge in [0.2, 0.25) is 5.91 Å². The molecule has 0 aromatic heterocycles. The molecule has 1 unspecified atom stereocenters. The van der Waals surface area contributed by atoms with Crippen LogP contribution in [0.5, 0.6) is 5.75 Å². The van der Waals surface area contributed by atoms with Crippen LogP contribution in [0.4, 0.5) is 8.78 Å². The molecule has 0 saturated carbocycles. The third-order valence-electron chi connectivity index (χ3n) is 8.76. The summed E-state index contributed by atoms with van der Waals surface area (Å²) in [6, 6.07) is 20.2. The summed E-state index contributed by atoms with van der Waals surface area (Å²) in [6.45, 7) is 5.71. The predicted molar refractivity (Wildman–Crippen MR) is 168 cm³/mol. The quantitative estimate of drug-likeness (QED) is 0.271. The molecular formula is C36H43F2N3O2. The molecule has 2 aliphatic heterocycles. The van der Waals surface area contributed by atoms with Crippen LogP contribution in [0.25, 0.3) is 6.08 Å². The lowest BCUT2D eigenvalue weighted by atomic mass is 9.91. The molecule has 1 N–H and O–H groups in total. The maximum absolute atomic E-state index is 13.6. The molecule has 2 aliphatic rings. The van der Waals surface area contributed by atoms with Crippen molar-refractivity contribution in [3.8, 4) is 5.75 Å². The van der Waals surface area contributed by atoms with E-state index >= 15 is 0 Å². The number of hydrogen-bond donors (Lipinski definition) is 1. The van der Waals surface area contributed by atoms with E-state index in [0.29, 0.717) is 18.3 Å². The van der Waals surface area contributed by atoms with E-state index in [2.05, 4.69) is 34.5 Å². The van der Waals surface area contributed by atoms with Gasteiger partial charge in [-0.25, -0.2) is 8.78 Å². The number of hydrogen-bond acceptors (Lipinski definition) is 4. The van der Waals surface area contributed by atoms with Gasteiger partial charge in [0.15, 0.2) is 0 Å². The molecule has 43 heavy (non-hydrogen) atoms. The summed E-state index contributed by atoms with van der Waals surface area (Å²) in [5, 5.41) is 3.43. The van der Waals surface area contributed by atoms with Gasteiger partial charge < -0.3 is 15.0 Å². The molecule has 2 saturated heterocycles. The van der Waals surface area contributed by atoms with Gasteiger partial charge in [0, 0.05) is 32.5 Å². The molecule has 3 aromatic rings. The van der Waals surface area contributed by atoms with Crippen LogP contribution in [0.1, 0.15) is 54.8 Å². The fourth-order valence-electron chi connectivity index (χ4n) is 6.13. The van der Waals surface area contributed by atoms with Crippen LogP contribution in [-0.2, 0) is 4.79 Å². The Morgan fingerprint density at radius 1 is 0.930 bits per heavy atom. The minimum Gasteiger partial charge on any atom is -0.493 e. The Kier molecular flexibility index (Phi) is 11.0. The van der Waals surface area contributed by atoms with Crippen LogP contribution < -0.4 is 10.1 Å². The average Bonchev–Trinajstić information content (AvgIpc) is 3.04. The average molecular weight is 588 g/mol. The minimum absolute atomic E-state index is 0.0415. The summed E-state index contributed by atoms with van der Waals surface area (Å²) in [7, 11) is 1.78. The molecule has 0 bridgehead atoms. The van der Waals surface area contributed by atoms with E-state index in [4.69, 9.17) is 4.74 Å². The molecule has 5 rings (SSSR count). The van der Waals surface area contributed by atoms with Crippen molar-refractivity contribution in [1.29, 1.82) is 0 Å². The minimum atomic E-state index is -0.409. The van der Waals surface area contributed by atoms with Crippen molar-refractivity contribution in [2.24, 2.45) is 11.8 Å². The Bertz CT molecular complexity index is 1270. The number of rotatable bonds is 11. The fraction of sp³-hybridized carbons (Fsp3) is 0.417. The normalized spacial score (nSPS) is 18.3. The summed E-state index contributed by atoms with van der Waals surface area (Å²) < 4.78 is 33.2. The lowest BCUT2D eigenvalue weighted by Gasteiger charge is -2.34. The maximum atomic E-state index is 13.6. The first-order valence-corrected chi connectivity index (χ1v) is 15.5. The largest absolute Gasteiger partial charge is 0.493 e. The van der Waals surface area contributed by atoms with Crippen LogP contribution in [0.15, 0.2) is 78.9 Å². The number of benzene rings is 3. The second-order valence-corrected chi connectivity index (χ2v) is 12.0. The lowest BCUT2D eigenvalue weighted by molar-refractivity contribution is -0.132. The first-order valence-electron chi connectivity index (χ1n) is 15.5. The number of amides is 1. The van der Waals surface area contributed by atoms with Gasteiger partial charge in [-0.2, -0.15) is 0 Å². The van der Waals surface area contributed by atoms with Crippen molar-refractivity contribution in [3.63, 3.8) is 0 Å². The Morgan fingerprint density at radius 3 is 2.14 bits per heavy atom. The molecule has 0 aliphatic carbocycles. The van der Waals surface area contributed by atoms with E-state index in [0.717, 1.165) is 74.6 Å². The maximum Gasteiger partial charge on any atom is 0.223 e. The Balaban J connectivity index is 1.07. The Hall–Kier alpha value is -3.55. The zero-order valence-electron chi connectivity index (χ0n) is 25.1. The van der Waals surface area contributed by atoms with Crippen molar-refractivity contribution in [1.82, 2.24) is 15.1 Å². The SMILES string of the molecule is CN(C(=O)CC1CCN(C/C=C/c2ccc(OCC3CCCNC3)cc2)CC1)C(c1ccc(F)cc1)c1ccc(F)cc1. The molecule has 228 valence electrons. The molecule has 2 fully saturated rings. The number of piperidine rings is 2. The summed E-state index contributed by atoms with van der Waals surface area (Å²) >= 11 is 0. The van der Waals surface area contributed by atoms with E-state index in [-0.39, 0.29) is 17.5 Å². The van der Waals surface area contributed by atoms with Crippen molar-refractivity contribution in [2.75, 3.05) is 46.4 Å². The van der Waals surface area contributed by atoms with Gasteiger partial charge in [-0.05, 0) is 104 Å². The second kappa shape index (κ2) is 15.3. The zero-order valence-corrected chi connectivity index (χ0v) is 25.1. The van der Waals surface area contributed by atoms with Gasteiger partial charge in [0.05, 0.1) is 12.6 Å². The molecule has 0 spiro atoms. The number of nitrogens with one attached hydrogen (secondary N) is 1. The van der Waals surface area contributed by atoms with E-state index in [1.807, 2.05) is 12.1 Å². The van der Waals surface area contributed by atoms with Gasteiger partial charge >= 0.3 is 0 Å². The highest BCUT2D eigenvalue weighted by Gasteiger charge is 2.27. The predicted octanol–water partition coefficient (Wildman–Crippen LogP) is 6.71. The Morgan fingerprint density at radius 2 is 1.56 bits per heavy atom. The van der Waals surface area contributed by atoms with Crippen LogP contribution in [-0.4, -0.2) is 62.1 Å². The molecule has 1 atom stereocenters. The van der Waals surface area contributed by atoms with Gasteiger partial charge in [-0.15, -0.1) is 0 Å². The first-order chi connectivity index (χ1) is 20.9. The van der Waals surface area contributed by atoms with Crippen LogP contribution >= 0.6 is 0 Å². The fourth-order valence-corrected chi connectivity index (χ4v) is 6.13. The Labute approximate surface area is 254 Å². The number of ether oxygens (including phenoxy) is 1. The highest BCUT2D eigenvalue weighted by Crippen LogP contribution is 2.30. The van der Waals surface area contributed by atoms with Crippen molar-refractivity contribution < 1.29 is 18.3 Å². The van der Waals surface area contributed by atoms with E-state index < -0.39 is 6.04 Å². The van der Waals surface area contributed by atoms with Gasteiger partial charge in [0.25, 0.3) is 0 Å². The molecule has 7 heteroatoms. The van der Waals surface area contributed by atoms with E-state index in [1.54, 1.807) is 36.2 Å². The highest BCUT2D eigenvalue weighted by molar-refractivity contribution is 5.77. The zero-order chi connectivity index (χ0) is 30.0. The molecule has 3 aromatic carbocycles. The monoisotopic (exact) mass is 587 g/mol. The van der Waals surface area contributed by atoms with E-state index in [1.165, 1.54) is 37.1 Å². The number of halogens is 2. The number of likely N-dealkylation sites (tertiary alicyclic amines) is 1. The smallest absolute Gasteiger partial charge is 0.223 e. The number of nitrogens with zero attached hydrogens (tertiary/aromatic N) is 2. The molecule has 2 heterocycles. The summed E-state index contributed by atoms with van der Waals surface area (Å²) in [6.07, 6.45) is 9.21. The van der Waals surface area contributed by atoms with Gasteiger partial charge in [-0.3, -0.25) is 9.69 Å².